The van der Waals surface area contributed by atoms with Gasteiger partial charge in [-0.1, -0.05) is 23.7 Å². The molecule has 26 heavy (non-hydrogen) atoms. The Balaban J connectivity index is 2.11. The average Bonchev–Trinajstić information content (AvgIpc) is 2.98. The van der Waals surface area contributed by atoms with Crippen LogP contribution < -0.4 is 5.14 Å². The van der Waals surface area contributed by atoms with Gasteiger partial charge in [-0.2, -0.15) is 5.10 Å². The number of rotatable bonds is 5. The summed E-state index contributed by atoms with van der Waals surface area (Å²) in [6.45, 7) is 0. The Morgan fingerprint density at radius 1 is 1.12 bits per heavy atom. The van der Waals surface area contributed by atoms with Crippen LogP contribution in [0.25, 0.3) is 16.9 Å². The Labute approximate surface area is 157 Å². The van der Waals surface area contributed by atoms with Crippen LogP contribution in [0.5, 0.6) is 0 Å². The van der Waals surface area contributed by atoms with Crippen molar-refractivity contribution in [2.24, 2.45) is 5.14 Å². The second-order valence-electron chi connectivity index (χ2n) is 5.43. The van der Waals surface area contributed by atoms with Crippen molar-refractivity contribution in [3.8, 4) is 16.9 Å². The molecule has 1 heterocycles. The number of aromatic nitrogens is 2. The normalized spacial score (nSPS) is 12.9. The number of hydrogen-bond acceptors (Lipinski definition) is 5. The van der Waals surface area contributed by atoms with Crippen molar-refractivity contribution in [3.63, 3.8) is 0 Å². The molecular weight excluding hydrogens is 398 g/mol. The lowest BCUT2D eigenvalue weighted by Crippen LogP contribution is -2.12. The fourth-order valence-corrected chi connectivity index (χ4v) is 3.45. The third kappa shape index (κ3) is 4.19. The highest BCUT2D eigenvalue weighted by atomic mass is 35.5. The molecule has 136 valence electrons. The molecule has 0 saturated heterocycles. The standard InChI is InChI=1S/C16H14ClN3O4S2/c17-12-3-1-11(2-4-12)16-9-13(10-25(21)22)19-20(16)14-5-7-15(8-6-14)26(18,23)24/h1-9H,10H2,(H,21,22)(H2,18,23,24)/p-1. The molecule has 0 bridgehead atoms. The Hall–Kier alpha value is -2.04. The van der Waals surface area contributed by atoms with Gasteiger partial charge in [0.2, 0.25) is 10.0 Å². The summed E-state index contributed by atoms with van der Waals surface area (Å²) in [5.41, 5.74) is 2.34. The maximum Gasteiger partial charge on any atom is 0.238 e. The molecule has 2 N–H and O–H groups in total. The van der Waals surface area contributed by atoms with Gasteiger partial charge in [-0.3, -0.25) is 4.21 Å². The minimum atomic E-state index is -3.81. The van der Waals surface area contributed by atoms with E-state index < -0.39 is 21.1 Å². The molecule has 0 aliphatic carbocycles. The second kappa shape index (κ2) is 7.29. The molecule has 2 aromatic carbocycles. The SMILES string of the molecule is NS(=O)(=O)c1ccc(-n2nc(CS(=O)[O-])cc2-c2ccc(Cl)cc2)cc1. The summed E-state index contributed by atoms with van der Waals surface area (Å²) in [7, 11) is -3.81. The summed E-state index contributed by atoms with van der Waals surface area (Å²) >= 11 is 3.63. The van der Waals surface area contributed by atoms with E-state index in [-0.39, 0.29) is 10.6 Å². The molecule has 0 radical (unpaired) electrons. The Morgan fingerprint density at radius 3 is 2.27 bits per heavy atom. The van der Waals surface area contributed by atoms with Crippen molar-refractivity contribution in [2.75, 3.05) is 0 Å². The van der Waals surface area contributed by atoms with Crippen LogP contribution in [0.3, 0.4) is 0 Å². The molecule has 0 saturated carbocycles. The molecule has 10 heteroatoms. The van der Waals surface area contributed by atoms with Crippen molar-refractivity contribution in [2.45, 2.75) is 10.6 Å². The van der Waals surface area contributed by atoms with Gasteiger partial charge in [0.15, 0.2) is 0 Å². The largest absolute Gasteiger partial charge is 0.772 e. The van der Waals surface area contributed by atoms with Gasteiger partial charge in [0.25, 0.3) is 0 Å². The van der Waals surface area contributed by atoms with Gasteiger partial charge < -0.3 is 4.55 Å². The summed E-state index contributed by atoms with van der Waals surface area (Å²) in [4.78, 5) is -0.0256. The molecule has 0 aliphatic heterocycles. The van der Waals surface area contributed by atoms with Crippen LogP contribution in [0.4, 0.5) is 0 Å². The molecule has 0 aliphatic rings. The maximum absolute atomic E-state index is 11.4. The van der Waals surface area contributed by atoms with Gasteiger partial charge in [-0.15, -0.1) is 0 Å². The fraction of sp³-hybridized carbons (Fsp3) is 0.0625. The quantitative estimate of drug-likeness (QED) is 0.647. The third-order valence-electron chi connectivity index (χ3n) is 3.58. The van der Waals surface area contributed by atoms with E-state index in [2.05, 4.69) is 5.10 Å². The smallest absolute Gasteiger partial charge is 0.238 e. The minimum Gasteiger partial charge on any atom is -0.772 e. The van der Waals surface area contributed by atoms with Crippen LogP contribution >= 0.6 is 11.6 Å². The Bertz CT molecular complexity index is 1060. The Kier molecular flexibility index (Phi) is 5.26. The summed E-state index contributed by atoms with van der Waals surface area (Å²) in [5.74, 6) is -0.233. The first-order chi connectivity index (χ1) is 12.2. The molecule has 3 rings (SSSR count). The zero-order chi connectivity index (χ0) is 18.9. The second-order valence-corrected chi connectivity index (χ2v) is 8.32. The number of primary sulfonamides is 1. The van der Waals surface area contributed by atoms with Crippen molar-refractivity contribution in [1.82, 2.24) is 9.78 Å². The Morgan fingerprint density at radius 2 is 1.73 bits per heavy atom. The number of hydrogen-bond donors (Lipinski definition) is 1. The zero-order valence-corrected chi connectivity index (χ0v) is 15.6. The van der Waals surface area contributed by atoms with E-state index in [0.29, 0.717) is 22.1 Å². The number of halogens is 1. The highest BCUT2D eigenvalue weighted by Gasteiger charge is 2.13. The molecule has 7 nitrogen and oxygen atoms in total. The highest BCUT2D eigenvalue weighted by molar-refractivity contribution is 7.89. The van der Waals surface area contributed by atoms with E-state index in [1.165, 1.54) is 12.1 Å². The monoisotopic (exact) mass is 410 g/mol. The predicted octanol–water partition coefficient (Wildman–Crippen LogP) is 2.22. The van der Waals surface area contributed by atoms with Crippen molar-refractivity contribution in [3.05, 3.63) is 65.3 Å². The predicted molar refractivity (Wildman–Crippen MR) is 98.0 cm³/mol. The van der Waals surface area contributed by atoms with E-state index >= 15 is 0 Å². The lowest BCUT2D eigenvalue weighted by Gasteiger charge is -2.08. The number of nitrogens with two attached hydrogens (primary N) is 1. The third-order valence-corrected chi connectivity index (χ3v) is 5.29. The molecule has 1 aromatic heterocycles. The fourth-order valence-electron chi connectivity index (χ4n) is 2.42. The van der Waals surface area contributed by atoms with Crippen molar-refractivity contribution >= 4 is 32.7 Å². The van der Waals surface area contributed by atoms with Crippen LogP contribution in [-0.4, -0.2) is 27.0 Å². The summed E-state index contributed by atoms with van der Waals surface area (Å²) in [6, 6.07) is 14.5. The van der Waals surface area contributed by atoms with Gasteiger partial charge in [0, 0.05) is 10.6 Å². The molecule has 1 atom stereocenters. The van der Waals surface area contributed by atoms with Gasteiger partial charge in [-0.05, 0) is 53.5 Å². The van der Waals surface area contributed by atoms with Gasteiger partial charge in [-0.25, -0.2) is 18.2 Å². The summed E-state index contributed by atoms with van der Waals surface area (Å²) in [5, 5.41) is 10.00. The lowest BCUT2D eigenvalue weighted by atomic mass is 10.1. The molecule has 0 amide bonds. The minimum absolute atomic E-state index is 0.0256. The van der Waals surface area contributed by atoms with Gasteiger partial charge in [0.1, 0.15) is 0 Å². The maximum atomic E-state index is 11.4. The van der Waals surface area contributed by atoms with E-state index in [9.17, 15) is 17.2 Å². The van der Waals surface area contributed by atoms with Crippen LogP contribution in [0, 0.1) is 0 Å². The first kappa shape index (κ1) is 18.7. The topological polar surface area (TPSA) is 118 Å². The first-order valence-electron chi connectivity index (χ1n) is 7.28. The van der Waals surface area contributed by atoms with E-state index in [0.717, 1.165) is 5.56 Å². The first-order valence-corrected chi connectivity index (χ1v) is 10.4. The molecule has 3 aromatic rings. The molecular formula is C16H13ClN3O4S2-. The number of nitrogens with zero attached hydrogens (tertiary/aromatic N) is 2. The number of benzene rings is 2. The van der Waals surface area contributed by atoms with Gasteiger partial charge >= 0.3 is 0 Å². The molecule has 1 unspecified atom stereocenters. The zero-order valence-electron chi connectivity index (χ0n) is 13.2. The van der Waals surface area contributed by atoms with E-state index in [1.807, 2.05) is 0 Å². The van der Waals surface area contributed by atoms with Crippen LogP contribution in [0.2, 0.25) is 5.02 Å². The average molecular weight is 411 g/mol. The van der Waals surface area contributed by atoms with Crippen LogP contribution in [0.1, 0.15) is 5.69 Å². The number of sulfonamides is 1. The van der Waals surface area contributed by atoms with Crippen LogP contribution in [0.15, 0.2) is 59.5 Å². The molecule has 0 fully saturated rings. The summed E-state index contributed by atoms with van der Waals surface area (Å²) in [6.07, 6.45) is 0. The van der Waals surface area contributed by atoms with Gasteiger partial charge in [0.05, 0.1) is 27.7 Å². The van der Waals surface area contributed by atoms with Crippen molar-refractivity contribution < 1.29 is 17.2 Å². The van der Waals surface area contributed by atoms with Crippen LogP contribution in [-0.2, 0) is 26.9 Å². The lowest BCUT2D eigenvalue weighted by molar-refractivity contribution is 0.535. The molecule has 0 spiro atoms. The highest BCUT2D eigenvalue weighted by Crippen LogP contribution is 2.26. The van der Waals surface area contributed by atoms with Crippen molar-refractivity contribution in [1.29, 1.82) is 0 Å². The van der Waals surface area contributed by atoms with E-state index in [4.69, 9.17) is 16.7 Å². The van der Waals surface area contributed by atoms with E-state index in [1.54, 1.807) is 47.1 Å². The summed E-state index contributed by atoms with van der Waals surface area (Å²) < 4.78 is 46.4.